The van der Waals surface area contributed by atoms with Crippen LogP contribution in [0.3, 0.4) is 0 Å². The zero-order chi connectivity index (χ0) is 18.6. The van der Waals surface area contributed by atoms with Gasteiger partial charge in [-0.05, 0) is 51.4 Å². The number of ether oxygens (including phenoxy) is 1. The monoisotopic (exact) mass is 349 g/mol. The van der Waals surface area contributed by atoms with Crippen molar-refractivity contribution in [2.45, 2.75) is 65.1 Å². The van der Waals surface area contributed by atoms with Crippen LogP contribution in [0.2, 0.25) is 0 Å². The summed E-state index contributed by atoms with van der Waals surface area (Å²) in [7, 11) is 0. The molecule has 1 N–H and O–H groups in total. The Morgan fingerprint density at radius 3 is 2.68 bits per heavy atom. The summed E-state index contributed by atoms with van der Waals surface area (Å²) in [6, 6.07) is 0. The molecule has 0 radical (unpaired) electrons. The number of hydrogen-bond acceptors (Lipinski definition) is 6. The van der Waals surface area contributed by atoms with Gasteiger partial charge in [0.25, 0.3) is 5.88 Å². The van der Waals surface area contributed by atoms with Gasteiger partial charge in [0, 0.05) is 0 Å². The smallest absolute Gasteiger partial charge is 0.351 e. The van der Waals surface area contributed by atoms with Crippen LogP contribution in [-0.2, 0) is 0 Å². The molecule has 7 nitrogen and oxygen atoms in total. The Bertz CT molecular complexity index is 635. The number of rotatable bonds is 8. The third-order valence-electron chi connectivity index (χ3n) is 4.86. The molecular formula is C18H27N3O4. The van der Waals surface area contributed by atoms with Crippen molar-refractivity contribution in [2.75, 3.05) is 0 Å². The molecule has 1 aromatic rings. The highest BCUT2D eigenvalue weighted by Gasteiger charge is 2.44. The van der Waals surface area contributed by atoms with Gasteiger partial charge in [0.2, 0.25) is 0 Å². The average molecular weight is 349 g/mol. The van der Waals surface area contributed by atoms with E-state index in [1.165, 1.54) is 0 Å². The zero-order valence-corrected chi connectivity index (χ0v) is 15.1. The molecule has 25 heavy (non-hydrogen) atoms. The second-order valence-electron chi connectivity index (χ2n) is 6.75. The van der Waals surface area contributed by atoms with Gasteiger partial charge in [-0.2, -0.15) is 4.98 Å². The van der Waals surface area contributed by atoms with E-state index in [9.17, 15) is 15.2 Å². The highest BCUT2D eigenvalue weighted by Crippen LogP contribution is 2.40. The first-order valence-electron chi connectivity index (χ1n) is 8.84. The van der Waals surface area contributed by atoms with Gasteiger partial charge in [0.15, 0.2) is 0 Å². The molecule has 0 amide bonds. The molecular weight excluding hydrogens is 322 g/mol. The molecule has 1 fully saturated rings. The van der Waals surface area contributed by atoms with Crippen molar-refractivity contribution in [3.8, 4) is 5.88 Å². The van der Waals surface area contributed by atoms with Gasteiger partial charge < -0.3 is 9.84 Å². The number of allylic oxidation sites excluding steroid dienone is 1. The maximum Gasteiger partial charge on any atom is 0.351 e. The summed E-state index contributed by atoms with van der Waals surface area (Å²) >= 11 is 0. The standard InChI is InChI=1S/C18H27N3O4/c1-5-7-9-13-10-14(8-6-2)17(16(13)22)25-18-15(21(23)24)11(3)19-12(4)20-18/h5,13-14,16-17,22H,1,6-10H2,2-4H3/t13-,14-,16+,17-/m0/s1. The minimum Gasteiger partial charge on any atom is -0.466 e. The van der Waals surface area contributed by atoms with Crippen molar-refractivity contribution < 1.29 is 14.8 Å². The summed E-state index contributed by atoms with van der Waals surface area (Å²) in [6.07, 6.45) is 5.10. The molecule has 1 aliphatic carbocycles. The Morgan fingerprint density at radius 1 is 1.36 bits per heavy atom. The predicted octanol–water partition coefficient (Wildman–Crippen LogP) is 3.51. The summed E-state index contributed by atoms with van der Waals surface area (Å²) < 4.78 is 5.95. The fourth-order valence-corrected chi connectivity index (χ4v) is 3.75. The van der Waals surface area contributed by atoms with Gasteiger partial charge in [0.1, 0.15) is 17.6 Å². The van der Waals surface area contributed by atoms with Crippen LogP contribution in [0.25, 0.3) is 0 Å². The predicted molar refractivity (Wildman–Crippen MR) is 94.5 cm³/mol. The minimum absolute atomic E-state index is 0.0375. The van der Waals surface area contributed by atoms with Crippen molar-refractivity contribution in [3.63, 3.8) is 0 Å². The third-order valence-corrected chi connectivity index (χ3v) is 4.86. The molecule has 0 unspecified atom stereocenters. The Morgan fingerprint density at radius 2 is 2.08 bits per heavy atom. The van der Waals surface area contributed by atoms with Gasteiger partial charge in [-0.3, -0.25) is 10.1 Å². The first kappa shape index (κ1) is 19.3. The van der Waals surface area contributed by atoms with Gasteiger partial charge >= 0.3 is 5.69 Å². The van der Waals surface area contributed by atoms with E-state index in [1.54, 1.807) is 13.8 Å². The van der Waals surface area contributed by atoms with Crippen molar-refractivity contribution in [3.05, 3.63) is 34.3 Å². The van der Waals surface area contributed by atoms with E-state index in [4.69, 9.17) is 4.74 Å². The molecule has 0 bridgehead atoms. The Hall–Kier alpha value is -2.02. The molecule has 0 aromatic carbocycles. The van der Waals surface area contributed by atoms with Crippen molar-refractivity contribution in [2.24, 2.45) is 11.8 Å². The second-order valence-corrected chi connectivity index (χ2v) is 6.75. The molecule has 1 heterocycles. The van der Waals surface area contributed by atoms with E-state index in [0.29, 0.717) is 5.82 Å². The Labute approximate surface area is 148 Å². The average Bonchev–Trinajstić information content (AvgIpc) is 2.81. The molecule has 138 valence electrons. The van der Waals surface area contributed by atoms with Gasteiger partial charge in [0.05, 0.1) is 11.0 Å². The number of aliphatic hydroxyl groups excluding tert-OH is 1. The number of nitrogens with zero attached hydrogens (tertiary/aromatic N) is 3. The molecule has 0 saturated heterocycles. The van der Waals surface area contributed by atoms with Gasteiger partial charge in [-0.15, -0.1) is 6.58 Å². The molecule has 1 saturated carbocycles. The van der Waals surface area contributed by atoms with E-state index < -0.39 is 17.1 Å². The highest BCUT2D eigenvalue weighted by molar-refractivity contribution is 5.45. The van der Waals surface area contributed by atoms with E-state index in [1.807, 2.05) is 6.08 Å². The van der Waals surface area contributed by atoms with Gasteiger partial charge in [-0.1, -0.05) is 19.4 Å². The number of aliphatic hydroxyl groups is 1. The summed E-state index contributed by atoms with van der Waals surface area (Å²) in [6.45, 7) is 9.06. The number of aryl methyl sites for hydroxylation is 2. The lowest BCUT2D eigenvalue weighted by atomic mass is 9.97. The van der Waals surface area contributed by atoms with E-state index in [0.717, 1.165) is 32.1 Å². The van der Waals surface area contributed by atoms with Crippen LogP contribution in [0, 0.1) is 35.8 Å². The lowest BCUT2D eigenvalue weighted by molar-refractivity contribution is -0.387. The Kier molecular flexibility index (Phi) is 6.47. The summed E-state index contributed by atoms with van der Waals surface area (Å²) in [4.78, 5) is 19.1. The van der Waals surface area contributed by atoms with Crippen LogP contribution in [0.5, 0.6) is 5.88 Å². The summed E-state index contributed by atoms with van der Waals surface area (Å²) in [5.74, 6) is 0.651. The van der Waals surface area contributed by atoms with Gasteiger partial charge in [-0.25, -0.2) is 4.98 Å². The topological polar surface area (TPSA) is 98.4 Å². The van der Waals surface area contributed by atoms with E-state index in [2.05, 4.69) is 23.5 Å². The highest BCUT2D eigenvalue weighted by atomic mass is 16.6. The lowest BCUT2D eigenvalue weighted by Crippen LogP contribution is -2.34. The largest absolute Gasteiger partial charge is 0.466 e. The molecule has 1 aliphatic rings. The van der Waals surface area contributed by atoms with Crippen LogP contribution in [-0.4, -0.2) is 32.2 Å². The fourth-order valence-electron chi connectivity index (χ4n) is 3.75. The first-order valence-corrected chi connectivity index (χ1v) is 8.84. The molecule has 2 rings (SSSR count). The maximum absolute atomic E-state index is 11.4. The number of hydrogen-bond donors (Lipinski definition) is 1. The normalized spacial score (nSPS) is 25.8. The van der Waals surface area contributed by atoms with Crippen LogP contribution >= 0.6 is 0 Å². The van der Waals surface area contributed by atoms with E-state index in [-0.39, 0.29) is 29.1 Å². The zero-order valence-electron chi connectivity index (χ0n) is 15.1. The van der Waals surface area contributed by atoms with Crippen LogP contribution in [0.4, 0.5) is 5.69 Å². The summed E-state index contributed by atoms with van der Waals surface area (Å²) in [5.41, 5.74) is 0.0535. The summed E-state index contributed by atoms with van der Waals surface area (Å²) in [5, 5.41) is 22.1. The Balaban J connectivity index is 2.30. The molecule has 7 heteroatoms. The van der Waals surface area contributed by atoms with Crippen molar-refractivity contribution in [1.82, 2.24) is 9.97 Å². The third kappa shape index (κ3) is 4.34. The molecule has 0 aliphatic heterocycles. The quantitative estimate of drug-likeness (QED) is 0.438. The minimum atomic E-state index is -0.660. The lowest BCUT2D eigenvalue weighted by Gasteiger charge is -2.23. The maximum atomic E-state index is 11.4. The number of nitro groups is 1. The van der Waals surface area contributed by atoms with Crippen LogP contribution in [0.1, 0.15) is 50.5 Å². The SMILES string of the molecule is C=CCC[C@H]1C[C@H](CCC)[C@H](Oc2nc(C)nc(C)c2[N+](=O)[O-])[C@@H]1O. The van der Waals surface area contributed by atoms with Crippen molar-refractivity contribution in [1.29, 1.82) is 0 Å². The molecule has 1 aromatic heterocycles. The van der Waals surface area contributed by atoms with Crippen molar-refractivity contribution >= 4 is 5.69 Å². The van der Waals surface area contributed by atoms with E-state index >= 15 is 0 Å². The second kappa shape index (κ2) is 8.38. The first-order chi connectivity index (χ1) is 11.9. The van der Waals surface area contributed by atoms with Crippen LogP contribution < -0.4 is 4.74 Å². The fraction of sp³-hybridized carbons (Fsp3) is 0.667. The van der Waals surface area contributed by atoms with Crippen LogP contribution in [0.15, 0.2) is 12.7 Å². The molecule has 0 spiro atoms. The molecule has 4 atom stereocenters. The number of aromatic nitrogens is 2.